The maximum absolute atomic E-state index is 13.5. The molecular formula is C13H13FN2O3. The second kappa shape index (κ2) is 4.38. The fraction of sp³-hybridized carbons (Fsp3) is 0.231. The van der Waals surface area contributed by atoms with Crippen LogP contribution < -0.4 is 5.32 Å². The third-order valence-electron chi connectivity index (χ3n) is 2.81. The highest BCUT2D eigenvalue weighted by Crippen LogP contribution is 2.18. The molecule has 0 aliphatic rings. The van der Waals surface area contributed by atoms with Gasteiger partial charge in [0.25, 0.3) is 5.91 Å². The number of amides is 1. The van der Waals surface area contributed by atoms with Crippen molar-refractivity contribution in [1.29, 1.82) is 0 Å². The molecule has 6 heteroatoms. The van der Waals surface area contributed by atoms with Gasteiger partial charge in [-0.15, -0.1) is 0 Å². The summed E-state index contributed by atoms with van der Waals surface area (Å²) in [5.41, 5.74) is -1.05. The van der Waals surface area contributed by atoms with Gasteiger partial charge in [-0.05, 0) is 26.0 Å². The van der Waals surface area contributed by atoms with E-state index in [-0.39, 0.29) is 11.2 Å². The summed E-state index contributed by atoms with van der Waals surface area (Å²) in [6.07, 6.45) is 0. The number of H-pyrrole nitrogens is 1. The van der Waals surface area contributed by atoms with Gasteiger partial charge in [-0.1, -0.05) is 12.1 Å². The first-order valence-electron chi connectivity index (χ1n) is 5.64. The molecule has 1 amide bonds. The standard InChI is InChI=1S/C13H13FN2O3/c1-13(2,12(18)19)16-11(17)9-6-7-4-3-5-8(14)10(7)15-9/h3-6,15H,1-2H3,(H,16,17)(H,18,19). The minimum atomic E-state index is -1.40. The number of fused-ring (bicyclic) bond motifs is 1. The Morgan fingerprint density at radius 1 is 1.37 bits per heavy atom. The summed E-state index contributed by atoms with van der Waals surface area (Å²) < 4.78 is 13.5. The van der Waals surface area contributed by atoms with Crippen molar-refractivity contribution in [2.75, 3.05) is 0 Å². The van der Waals surface area contributed by atoms with Crippen molar-refractivity contribution in [2.24, 2.45) is 0 Å². The lowest BCUT2D eigenvalue weighted by molar-refractivity contribution is -0.143. The molecule has 0 radical (unpaired) electrons. The van der Waals surface area contributed by atoms with E-state index in [0.29, 0.717) is 5.39 Å². The van der Waals surface area contributed by atoms with Crippen LogP contribution in [0.2, 0.25) is 0 Å². The summed E-state index contributed by atoms with van der Waals surface area (Å²) in [7, 11) is 0. The number of hydrogen-bond donors (Lipinski definition) is 3. The number of hydrogen-bond acceptors (Lipinski definition) is 2. The van der Waals surface area contributed by atoms with Crippen LogP contribution in [0.3, 0.4) is 0 Å². The van der Waals surface area contributed by atoms with Gasteiger partial charge in [-0.3, -0.25) is 4.79 Å². The first-order chi connectivity index (χ1) is 8.81. The predicted molar refractivity (Wildman–Crippen MR) is 67.4 cm³/mol. The molecule has 19 heavy (non-hydrogen) atoms. The molecule has 3 N–H and O–H groups in total. The molecule has 0 saturated carbocycles. The summed E-state index contributed by atoms with van der Waals surface area (Å²) >= 11 is 0. The average molecular weight is 264 g/mol. The Kier molecular flexibility index (Phi) is 3.01. The Morgan fingerprint density at radius 2 is 2.05 bits per heavy atom. The largest absolute Gasteiger partial charge is 0.480 e. The molecule has 100 valence electrons. The van der Waals surface area contributed by atoms with Crippen LogP contribution in [0.1, 0.15) is 24.3 Å². The molecule has 1 aromatic heterocycles. The molecule has 0 unspecified atom stereocenters. The molecule has 2 rings (SSSR count). The van der Waals surface area contributed by atoms with Gasteiger partial charge in [-0.25, -0.2) is 9.18 Å². The van der Waals surface area contributed by atoms with Gasteiger partial charge in [0.15, 0.2) is 0 Å². The normalized spacial score (nSPS) is 11.5. The Morgan fingerprint density at radius 3 is 2.63 bits per heavy atom. The van der Waals surface area contributed by atoms with Crippen LogP contribution in [0.4, 0.5) is 4.39 Å². The number of carboxylic acids is 1. The number of nitrogens with one attached hydrogen (secondary N) is 2. The van der Waals surface area contributed by atoms with E-state index in [0.717, 1.165) is 0 Å². The highest BCUT2D eigenvalue weighted by atomic mass is 19.1. The molecule has 0 fully saturated rings. The summed E-state index contributed by atoms with van der Waals surface area (Å²) in [5, 5.41) is 11.9. The topological polar surface area (TPSA) is 82.2 Å². The highest BCUT2D eigenvalue weighted by molar-refractivity contribution is 6.00. The van der Waals surface area contributed by atoms with Gasteiger partial charge in [0.1, 0.15) is 17.1 Å². The second-order valence-corrected chi connectivity index (χ2v) is 4.77. The number of carboxylic acid groups (broad SMARTS) is 1. The van der Waals surface area contributed by atoms with E-state index in [9.17, 15) is 14.0 Å². The number of rotatable bonds is 3. The van der Waals surface area contributed by atoms with Crippen LogP contribution in [0.15, 0.2) is 24.3 Å². The van der Waals surface area contributed by atoms with Crippen LogP contribution >= 0.6 is 0 Å². The minimum Gasteiger partial charge on any atom is -0.480 e. The Hall–Kier alpha value is -2.37. The Labute approximate surface area is 108 Å². The zero-order valence-corrected chi connectivity index (χ0v) is 10.5. The molecular weight excluding hydrogens is 251 g/mol. The van der Waals surface area contributed by atoms with Crippen LogP contribution in [-0.4, -0.2) is 27.5 Å². The van der Waals surface area contributed by atoms with E-state index in [1.165, 1.54) is 32.0 Å². The number of carbonyl (C=O) groups is 2. The maximum Gasteiger partial charge on any atom is 0.328 e. The number of para-hydroxylation sites is 1. The molecule has 0 bridgehead atoms. The predicted octanol–water partition coefficient (Wildman–Crippen LogP) is 1.90. The lowest BCUT2D eigenvalue weighted by Crippen LogP contribution is -2.49. The van der Waals surface area contributed by atoms with Gasteiger partial charge < -0.3 is 15.4 Å². The summed E-state index contributed by atoms with van der Waals surface area (Å²) in [5.74, 6) is -2.21. The first kappa shape index (κ1) is 13.1. The van der Waals surface area contributed by atoms with Crippen LogP contribution in [0.5, 0.6) is 0 Å². The van der Waals surface area contributed by atoms with Crippen LogP contribution in [0.25, 0.3) is 10.9 Å². The Bertz CT molecular complexity index is 661. The van der Waals surface area contributed by atoms with Crippen molar-refractivity contribution in [1.82, 2.24) is 10.3 Å². The van der Waals surface area contributed by atoms with E-state index < -0.39 is 23.2 Å². The van der Waals surface area contributed by atoms with Crippen molar-refractivity contribution < 1.29 is 19.1 Å². The molecule has 0 spiro atoms. The van der Waals surface area contributed by atoms with Crippen molar-refractivity contribution in [3.8, 4) is 0 Å². The summed E-state index contributed by atoms with van der Waals surface area (Å²) in [6.45, 7) is 2.74. The van der Waals surface area contributed by atoms with Crippen molar-refractivity contribution in [3.05, 3.63) is 35.8 Å². The van der Waals surface area contributed by atoms with Gasteiger partial charge in [0.2, 0.25) is 0 Å². The van der Waals surface area contributed by atoms with Crippen molar-refractivity contribution in [2.45, 2.75) is 19.4 Å². The summed E-state index contributed by atoms with van der Waals surface area (Å²) in [4.78, 5) is 25.5. The van der Waals surface area contributed by atoms with Crippen molar-refractivity contribution in [3.63, 3.8) is 0 Å². The fourth-order valence-electron chi connectivity index (χ4n) is 1.65. The van der Waals surface area contributed by atoms with E-state index in [1.807, 2.05) is 0 Å². The molecule has 5 nitrogen and oxygen atoms in total. The van der Waals surface area contributed by atoms with Gasteiger partial charge in [0, 0.05) is 5.39 Å². The maximum atomic E-state index is 13.5. The number of aromatic nitrogens is 1. The average Bonchev–Trinajstić information content (AvgIpc) is 2.73. The van der Waals surface area contributed by atoms with E-state index in [2.05, 4.69) is 10.3 Å². The number of aliphatic carboxylic acids is 1. The molecule has 0 aliphatic heterocycles. The first-order valence-corrected chi connectivity index (χ1v) is 5.64. The molecule has 0 saturated heterocycles. The number of halogens is 1. The monoisotopic (exact) mass is 264 g/mol. The third kappa shape index (κ3) is 2.42. The smallest absolute Gasteiger partial charge is 0.328 e. The van der Waals surface area contributed by atoms with Gasteiger partial charge in [-0.2, -0.15) is 0 Å². The number of aromatic amines is 1. The second-order valence-electron chi connectivity index (χ2n) is 4.77. The molecule has 0 atom stereocenters. The Balaban J connectivity index is 2.32. The van der Waals surface area contributed by atoms with E-state index >= 15 is 0 Å². The molecule has 2 aromatic rings. The van der Waals surface area contributed by atoms with E-state index in [4.69, 9.17) is 5.11 Å². The van der Waals surface area contributed by atoms with Gasteiger partial charge in [0.05, 0.1) is 5.52 Å². The minimum absolute atomic E-state index is 0.120. The third-order valence-corrected chi connectivity index (χ3v) is 2.81. The fourth-order valence-corrected chi connectivity index (χ4v) is 1.65. The molecule has 0 aliphatic carbocycles. The van der Waals surface area contributed by atoms with Crippen LogP contribution in [-0.2, 0) is 4.79 Å². The zero-order chi connectivity index (χ0) is 14.2. The summed E-state index contributed by atoms with van der Waals surface area (Å²) in [6, 6.07) is 5.95. The van der Waals surface area contributed by atoms with E-state index in [1.54, 1.807) is 6.07 Å². The lowest BCUT2D eigenvalue weighted by atomic mass is 10.1. The molecule has 1 aromatic carbocycles. The quantitative estimate of drug-likeness (QED) is 0.791. The van der Waals surface area contributed by atoms with Crippen molar-refractivity contribution >= 4 is 22.8 Å². The number of benzene rings is 1. The zero-order valence-electron chi connectivity index (χ0n) is 10.5. The SMILES string of the molecule is CC(C)(NC(=O)c1cc2cccc(F)c2[nH]1)C(=O)O. The highest BCUT2D eigenvalue weighted by Gasteiger charge is 2.29. The lowest BCUT2D eigenvalue weighted by Gasteiger charge is -2.20. The molecule has 1 heterocycles. The number of carbonyl (C=O) groups excluding carboxylic acids is 1. The van der Waals surface area contributed by atoms with Gasteiger partial charge >= 0.3 is 5.97 Å². The van der Waals surface area contributed by atoms with Crippen LogP contribution in [0, 0.1) is 5.82 Å².